The van der Waals surface area contributed by atoms with E-state index in [1.54, 1.807) is 32.0 Å². The van der Waals surface area contributed by atoms with E-state index in [9.17, 15) is 9.90 Å². The van der Waals surface area contributed by atoms with Crippen LogP contribution in [0.2, 0.25) is 0 Å². The first kappa shape index (κ1) is 11.4. The van der Waals surface area contributed by atoms with E-state index >= 15 is 0 Å². The van der Waals surface area contributed by atoms with Crippen molar-refractivity contribution in [3.63, 3.8) is 0 Å². The van der Waals surface area contributed by atoms with Gasteiger partial charge in [-0.15, -0.1) is 0 Å². The summed E-state index contributed by atoms with van der Waals surface area (Å²) in [4.78, 5) is 11.6. The third kappa shape index (κ3) is 2.74. The molecular formula is C14H12O3. The topological polar surface area (TPSA) is 50.4 Å². The number of aliphatic hydroxyl groups is 1. The predicted molar refractivity (Wildman–Crippen MR) is 65.7 cm³/mol. The minimum absolute atomic E-state index is 0.255. The van der Waals surface area contributed by atoms with Crippen molar-refractivity contribution in [3.05, 3.63) is 46.3 Å². The lowest BCUT2D eigenvalue weighted by molar-refractivity contribution is 0.143. The Kier molecular flexibility index (Phi) is 2.74. The van der Waals surface area contributed by atoms with Crippen LogP contribution >= 0.6 is 0 Å². The van der Waals surface area contributed by atoms with Gasteiger partial charge in [-0.2, -0.15) is 0 Å². The van der Waals surface area contributed by atoms with Crippen LogP contribution in [0.25, 0.3) is 11.0 Å². The van der Waals surface area contributed by atoms with E-state index in [-0.39, 0.29) is 5.56 Å². The SMILES string of the molecule is CC(C)(O)C#Cc1cc2ccccc2oc1=O. The summed E-state index contributed by atoms with van der Waals surface area (Å²) in [5.74, 6) is 5.23. The summed E-state index contributed by atoms with van der Waals surface area (Å²) in [6.07, 6.45) is 0. The smallest absolute Gasteiger partial charge is 0.352 e. The maximum atomic E-state index is 11.6. The van der Waals surface area contributed by atoms with Crippen LogP contribution in [0.3, 0.4) is 0 Å². The zero-order chi connectivity index (χ0) is 12.5. The standard InChI is InChI=1S/C14H12O3/c1-14(2,16)8-7-11-9-10-5-3-4-6-12(10)17-13(11)15/h3-6,9,16H,1-2H3. The first-order valence-electron chi connectivity index (χ1n) is 5.24. The van der Waals surface area contributed by atoms with E-state index in [0.29, 0.717) is 5.58 Å². The van der Waals surface area contributed by atoms with Crippen LogP contribution in [0.4, 0.5) is 0 Å². The molecule has 0 aliphatic carbocycles. The lowest BCUT2D eigenvalue weighted by Crippen LogP contribution is -2.15. The van der Waals surface area contributed by atoms with Crippen LogP contribution < -0.4 is 5.63 Å². The highest BCUT2D eigenvalue weighted by atomic mass is 16.4. The van der Waals surface area contributed by atoms with Gasteiger partial charge in [0, 0.05) is 5.39 Å². The fraction of sp³-hybridized carbons (Fsp3) is 0.214. The van der Waals surface area contributed by atoms with Crippen molar-refractivity contribution in [3.8, 4) is 11.8 Å². The van der Waals surface area contributed by atoms with Gasteiger partial charge in [0.25, 0.3) is 0 Å². The molecule has 1 heterocycles. The molecule has 0 aliphatic rings. The van der Waals surface area contributed by atoms with Gasteiger partial charge in [0.2, 0.25) is 0 Å². The molecule has 0 amide bonds. The lowest BCUT2D eigenvalue weighted by Gasteiger charge is -2.05. The Hall–Kier alpha value is -2.05. The molecule has 3 nitrogen and oxygen atoms in total. The Morgan fingerprint density at radius 2 is 2.00 bits per heavy atom. The van der Waals surface area contributed by atoms with Gasteiger partial charge in [-0.3, -0.25) is 0 Å². The molecule has 0 spiro atoms. The number of fused-ring (bicyclic) bond motifs is 1. The van der Waals surface area contributed by atoms with E-state index in [2.05, 4.69) is 11.8 Å². The van der Waals surface area contributed by atoms with Gasteiger partial charge < -0.3 is 9.52 Å². The second-order valence-corrected chi connectivity index (χ2v) is 4.29. The monoisotopic (exact) mass is 228 g/mol. The molecule has 0 radical (unpaired) electrons. The first-order chi connectivity index (χ1) is 7.96. The van der Waals surface area contributed by atoms with E-state index in [1.807, 2.05) is 12.1 Å². The average molecular weight is 228 g/mol. The molecule has 3 heteroatoms. The number of rotatable bonds is 0. The van der Waals surface area contributed by atoms with Crippen LogP contribution in [0.5, 0.6) is 0 Å². The second kappa shape index (κ2) is 4.08. The quantitative estimate of drug-likeness (QED) is 0.553. The first-order valence-corrected chi connectivity index (χ1v) is 5.24. The number of hydrogen-bond donors (Lipinski definition) is 1. The molecular weight excluding hydrogens is 216 g/mol. The molecule has 1 aromatic carbocycles. The van der Waals surface area contributed by atoms with Crippen molar-refractivity contribution in [2.75, 3.05) is 0 Å². The Labute approximate surface area is 98.7 Å². The van der Waals surface area contributed by atoms with Gasteiger partial charge in [-0.1, -0.05) is 30.0 Å². The van der Waals surface area contributed by atoms with Gasteiger partial charge in [0.1, 0.15) is 16.7 Å². The molecule has 0 fully saturated rings. The van der Waals surface area contributed by atoms with Crippen molar-refractivity contribution >= 4 is 11.0 Å². The van der Waals surface area contributed by atoms with Crippen LogP contribution in [-0.2, 0) is 0 Å². The number of benzene rings is 1. The lowest BCUT2D eigenvalue weighted by atomic mass is 10.1. The molecule has 0 atom stereocenters. The van der Waals surface area contributed by atoms with Crippen molar-refractivity contribution < 1.29 is 9.52 Å². The van der Waals surface area contributed by atoms with Gasteiger partial charge in [0.05, 0.1) is 0 Å². The molecule has 2 aromatic rings. The van der Waals surface area contributed by atoms with Gasteiger partial charge >= 0.3 is 5.63 Å². The van der Waals surface area contributed by atoms with E-state index in [0.717, 1.165) is 5.39 Å². The summed E-state index contributed by atoms with van der Waals surface area (Å²) in [6, 6.07) is 8.89. The molecule has 0 aliphatic heterocycles. The van der Waals surface area contributed by atoms with Crippen molar-refractivity contribution in [2.45, 2.75) is 19.4 Å². The molecule has 0 saturated heterocycles. The maximum absolute atomic E-state index is 11.6. The minimum atomic E-state index is -1.13. The van der Waals surface area contributed by atoms with Crippen LogP contribution in [0.15, 0.2) is 39.5 Å². The maximum Gasteiger partial charge on any atom is 0.352 e. The van der Waals surface area contributed by atoms with Crippen molar-refractivity contribution in [2.24, 2.45) is 0 Å². The molecule has 86 valence electrons. The summed E-state index contributed by atoms with van der Waals surface area (Å²) in [5, 5.41) is 10.3. The summed E-state index contributed by atoms with van der Waals surface area (Å²) in [7, 11) is 0. The van der Waals surface area contributed by atoms with E-state index in [4.69, 9.17) is 4.42 Å². The van der Waals surface area contributed by atoms with E-state index in [1.165, 1.54) is 0 Å². The normalized spacial score (nSPS) is 11.0. The highest BCUT2D eigenvalue weighted by Gasteiger charge is 2.07. The summed E-state index contributed by atoms with van der Waals surface area (Å²) in [6.45, 7) is 3.12. The molecule has 0 saturated carbocycles. The van der Waals surface area contributed by atoms with Gasteiger partial charge in [0.15, 0.2) is 0 Å². The summed E-state index contributed by atoms with van der Waals surface area (Å²) >= 11 is 0. The largest absolute Gasteiger partial charge is 0.422 e. The van der Waals surface area contributed by atoms with Gasteiger partial charge in [-0.05, 0) is 26.0 Å². The van der Waals surface area contributed by atoms with Crippen molar-refractivity contribution in [1.29, 1.82) is 0 Å². The third-order valence-electron chi connectivity index (χ3n) is 2.14. The Morgan fingerprint density at radius 1 is 1.29 bits per heavy atom. The molecule has 2 rings (SSSR count). The van der Waals surface area contributed by atoms with Crippen molar-refractivity contribution in [1.82, 2.24) is 0 Å². The minimum Gasteiger partial charge on any atom is -0.422 e. The van der Waals surface area contributed by atoms with Crippen LogP contribution in [0.1, 0.15) is 19.4 Å². The summed E-state index contributed by atoms with van der Waals surface area (Å²) in [5.41, 5.74) is -0.824. The highest BCUT2D eigenvalue weighted by Crippen LogP contribution is 2.12. The highest BCUT2D eigenvalue weighted by molar-refractivity contribution is 5.77. The predicted octanol–water partition coefficient (Wildman–Crippen LogP) is 1.92. The molecule has 1 N–H and O–H groups in total. The number of hydrogen-bond acceptors (Lipinski definition) is 3. The fourth-order valence-corrected chi connectivity index (χ4v) is 1.37. The zero-order valence-corrected chi connectivity index (χ0v) is 9.65. The Morgan fingerprint density at radius 3 is 2.71 bits per heavy atom. The van der Waals surface area contributed by atoms with E-state index < -0.39 is 11.2 Å². The molecule has 0 bridgehead atoms. The Bertz CT molecular complexity index is 663. The molecule has 1 aromatic heterocycles. The van der Waals surface area contributed by atoms with Crippen LogP contribution in [-0.4, -0.2) is 10.7 Å². The number of para-hydroxylation sites is 1. The second-order valence-electron chi connectivity index (χ2n) is 4.29. The Balaban J connectivity index is 2.58. The fourth-order valence-electron chi connectivity index (χ4n) is 1.37. The van der Waals surface area contributed by atoms with Gasteiger partial charge in [-0.25, -0.2) is 4.79 Å². The third-order valence-corrected chi connectivity index (χ3v) is 2.14. The molecule has 0 unspecified atom stereocenters. The molecule has 17 heavy (non-hydrogen) atoms. The van der Waals surface area contributed by atoms with Crippen LogP contribution in [0, 0.1) is 11.8 Å². The summed E-state index contributed by atoms with van der Waals surface area (Å²) < 4.78 is 5.12. The zero-order valence-electron chi connectivity index (χ0n) is 9.65. The average Bonchev–Trinajstić information content (AvgIpc) is 2.25.